The van der Waals surface area contributed by atoms with Gasteiger partial charge in [0.05, 0.1) is 0 Å². The van der Waals surface area contributed by atoms with Crippen LogP contribution in [0.4, 0.5) is 0 Å². The van der Waals surface area contributed by atoms with Gasteiger partial charge in [-0.25, -0.2) is 0 Å². The Labute approximate surface area is 85.6 Å². The van der Waals surface area contributed by atoms with Crippen LogP contribution in [0.2, 0.25) is 0 Å². The highest BCUT2D eigenvalue weighted by molar-refractivity contribution is 5.78. The maximum atomic E-state index is 11.6. The van der Waals surface area contributed by atoms with Crippen LogP contribution in [0.1, 0.15) is 46.0 Å². The number of rotatable bonds is 0. The number of hydrogen-bond donors (Lipinski definition) is 2. The predicted octanol–water partition coefficient (Wildman–Crippen LogP) is 1.19. The van der Waals surface area contributed by atoms with Gasteiger partial charge < -0.3 is 10.6 Å². The van der Waals surface area contributed by atoms with Crippen molar-refractivity contribution < 1.29 is 4.79 Å². The van der Waals surface area contributed by atoms with Gasteiger partial charge in [-0.3, -0.25) is 4.79 Å². The molecule has 3 heteroatoms. The smallest absolute Gasteiger partial charge is 0.222 e. The Morgan fingerprint density at radius 3 is 2.57 bits per heavy atom. The van der Waals surface area contributed by atoms with Crippen molar-refractivity contribution in [3.63, 3.8) is 0 Å². The van der Waals surface area contributed by atoms with Crippen LogP contribution >= 0.6 is 0 Å². The van der Waals surface area contributed by atoms with Crippen LogP contribution < -0.4 is 10.6 Å². The molecule has 80 valence electrons. The summed E-state index contributed by atoms with van der Waals surface area (Å²) in [7, 11) is 0. The number of nitrogens with one attached hydrogen (secondary N) is 2. The topological polar surface area (TPSA) is 41.1 Å². The fourth-order valence-electron chi connectivity index (χ4n) is 2.69. The molecular formula is C11H20N2O. The fourth-order valence-corrected chi connectivity index (χ4v) is 2.69. The first-order valence-electron chi connectivity index (χ1n) is 5.64. The molecule has 1 aliphatic carbocycles. The summed E-state index contributed by atoms with van der Waals surface area (Å²) in [5.41, 5.74) is -0.0408. The van der Waals surface area contributed by atoms with Crippen molar-refractivity contribution in [3.05, 3.63) is 0 Å². The van der Waals surface area contributed by atoms with Crippen LogP contribution in [-0.2, 0) is 4.79 Å². The number of amides is 1. The van der Waals surface area contributed by atoms with Crippen LogP contribution in [0, 0.1) is 0 Å². The Bertz CT molecular complexity index is 237. The zero-order valence-corrected chi connectivity index (χ0v) is 9.10. The molecule has 2 aliphatic rings. The molecule has 1 aliphatic heterocycles. The Morgan fingerprint density at radius 1 is 1.21 bits per heavy atom. The maximum Gasteiger partial charge on any atom is 0.222 e. The van der Waals surface area contributed by atoms with Gasteiger partial charge >= 0.3 is 0 Å². The molecule has 0 aromatic heterocycles. The van der Waals surface area contributed by atoms with E-state index < -0.39 is 0 Å². The molecular weight excluding hydrogens is 176 g/mol. The molecule has 2 atom stereocenters. The van der Waals surface area contributed by atoms with E-state index >= 15 is 0 Å². The average molecular weight is 196 g/mol. The number of fused-ring (bicyclic) bond motifs is 1. The van der Waals surface area contributed by atoms with Crippen molar-refractivity contribution >= 4 is 5.91 Å². The second kappa shape index (κ2) is 3.54. The van der Waals surface area contributed by atoms with Crippen molar-refractivity contribution in [3.8, 4) is 0 Å². The van der Waals surface area contributed by atoms with E-state index in [1.807, 2.05) is 0 Å². The molecule has 3 nitrogen and oxygen atoms in total. The van der Waals surface area contributed by atoms with E-state index in [4.69, 9.17) is 0 Å². The zero-order valence-electron chi connectivity index (χ0n) is 9.10. The molecule has 14 heavy (non-hydrogen) atoms. The molecule has 2 rings (SSSR count). The lowest BCUT2D eigenvalue weighted by atomic mass is 9.89. The second-order valence-electron chi connectivity index (χ2n) is 5.27. The highest BCUT2D eigenvalue weighted by Crippen LogP contribution is 2.24. The van der Waals surface area contributed by atoms with Gasteiger partial charge in [-0.15, -0.1) is 0 Å². The number of carbonyl (C=O) groups is 1. The van der Waals surface area contributed by atoms with Gasteiger partial charge in [0, 0.05) is 24.0 Å². The second-order valence-corrected chi connectivity index (χ2v) is 5.27. The molecule has 1 saturated carbocycles. The van der Waals surface area contributed by atoms with Crippen LogP contribution in [-0.4, -0.2) is 23.5 Å². The lowest BCUT2D eigenvalue weighted by Crippen LogP contribution is -2.52. The quantitative estimate of drug-likeness (QED) is 0.611. The summed E-state index contributed by atoms with van der Waals surface area (Å²) in [4.78, 5) is 11.6. The molecule has 1 saturated heterocycles. The molecule has 0 radical (unpaired) electrons. The van der Waals surface area contributed by atoms with E-state index in [1.165, 1.54) is 19.3 Å². The highest BCUT2D eigenvalue weighted by atomic mass is 16.1. The third-order valence-corrected chi connectivity index (χ3v) is 3.29. The molecule has 0 aromatic carbocycles. The van der Waals surface area contributed by atoms with Gasteiger partial charge in [-0.1, -0.05) is 12.8 Å². The van der Waals surface area contributed by atoms with Gasteiger partial charge in [0.1, 0.15) is 0 Å². The molecule has 0 aromatic rings. The summed E-state index contributed by atoms with van der Waals surface area (Å²) in [5, 5.41) is 6.74. The van der Waals surface area contributed by atoms with Crippen molar-refractivity contribution in [2.45, 2.75) is 63.6 Å². The SMILES string of the molecule is CC1(C)CC(=O)N[C@H]2CCCC[C@@H]2N1. The number of carbonyl (C=O) groups excluding carboxylic acids is 1. The van der Waals surface area contributed by atoms with E-state index in [9.17, 15) is 4.79 Å². The summed E-state index contributed by atoms with van der Waals surface area (Å²) in [6.07, 6.45) is 5.48. The molecule has 2 N–H and O–H groups in total. The summed E-state index contributed by atoms with van der Waals surface area (Å²) in [6, 6.07) is 0.864. The maximum absolute atomic E-state index is 11.6. The molecule has 0 spiro atoms. The van der Waals surface area contributed by atoms with Gasteiger partial charge in [0.2, 0.25) is 5.91 Å². The van der Waals surface area contributed by atoms with Crippen molar-refractivity contribution in [2.24, 2.45) is 0 Å². The highest BCUT2D eigenvalue weighted by Gasteiger charge is 2.35. The lowest BCUT2D eigenvalue weighted by molar-refractivity contribution is -0.122. The molecule has 0 unspecified atom stereocenters. The van der Waals surface area contributed by atoms with Crippen molar-refractivity contribution in [2.75, 3.05) is 0 Å². The Hall–Kier alpha value is -0.570. The predicted molar refractivity (Wildman–Crippen MR) is 56.0 cm³/mol. The van der Waals surface area contributed by atoms with E-state index in [1.54, 1.807) is 0 Å². The lowest BCUT2D eigenvalue weighted by Gasteiger charge is -2.34. The van der Waals surface area contributed by atoms with E-state index in [0.29, 0.717) is 18.5 Å². The molecule has 2 fully saturated rings. The van der Waals surface area contributed by atoms with Gasteiger partial charge in [-0.05, 0) is 26.7 Å². The van der Waals surface area contributed by atoms with Crippen molar-refractivity contribution in [1.29, 1.82) is 0 Å². The summed E-state index contributed by atoms with van der Waals surface area (Å²) < 4.78 is 0. The first kappa shape index (κ1) is 9.97. The third kappa shape index (κ3) is 2.08. The Morgan fingerprint density at radius 2 is 1.86 bits per heavy atom. The zero-order chi connectivity index (χ0) is 10.2. The minimum absolute atomic E-state index is 0.0408. The van der Waals surface area contributed by atoms with Gasteiger partial charge in [0.25, 0.3) is 0 Å². The van der Waals surface area contributed by atoms with Crippen molar-refractivity contribution in [1.82, 2.24) is 10.6 Å². The van der Waals surface area contributed by atoms with E-state index in [0.717, 1.165) is 6.42 Å². The first-order chi connectivity index (χ1) is 6.57. The molecule has 1 heterocycles. The average Bonchev–Trinajstić information content (AvgIpc) is 2.16. The molecule has 0 bridgehead atoms. The number of hydrogen-bond acceptors (Lipinski definition) is 2. The standard InChI is InChI=1S/C11H20N2O/c1-11(2)7-10(14)12-8-5-3-4-6-9(8)13-11/h8-9,13H,3-7H2,1-2H3,(H,12,14)/t8-,9-/m0/s1. The Balaban J connectivity index is 2.12. The summed E-state index contributed by atoms with van der Waals surface area (Å²) >= 11 is 0. The first-order valence-corrected chi connectivity index (χ1v) is 5.64. The van der Waals surface area contributed by atoms with E-state index in [2.05, 4.69) is 24.5 Å². The fraction of sp³-hybridized carbons (Fsp3) is 0.909. The summed E-state index contributed by atoms with van der Waals surface area (Å²) in [6.45, 7) is 4.23. The minimum Gasteiger partial charge on any atom is -0.352 e. The van der Waals surface area contributed by atoms with Crippen LogP contribution in [0.5, 0.6) is 0 Å². The van der Waals surface area contributed by atoms with E-state index in [-0.39, 0.29) is 11.4 Å². The largest absolute Gasteiger partial charge is 0.352 e. The van der Waals surface area contributed by atoms with Crippen LogP contribution in [0.25, 0.3) is 0 Å². The normalized spacial score (nSPS) is 36.9. The van der Waals surface area contributed by atoms with Crippen LogP contribution in [0.3, 0.4) is 0 Å². The van der Waals surface area contributed by atoms with Crippen LogP contribution in [0.15, 0.2) is 0 Å². The monoisotopic (exact) mass is 196 g/mol. The van der Waals surface area contributed by atoms with Gasteiger partial charge in [0.15, 0.2) is 0 Å². The Kier molecular flexibility index (Phi) is 2.52. The molecule has 1 amide bonds. The third-order valence-electron chi connectivity index (χ3n) is 3.29. The minimum atomic E-state index is -0.0408. The summed E-state index contributed by atoms with van der Waals surface area (Å²) in [5.74, 6) is 0.205. The van der Waals surface area contributed by atoms with Gasteiger partial charge in [-0.2, -0.15) is 0 Å².